The quantitative estimate of drug-likeness (QED) is 0.407. The van der Waals surface area contributed by atoms with Crippen LogP contribution in [0.3, 0.4) is 0 Å². The fraction of sp³-hybridized carbons (Fsp3) is 0.0455. The van der Waals surface area contributed by atoms with Crippen LogP contribution in [0.5, 0.6) is 5.75 Å². The van der Waals surface area contributed by atoms with Crippen molar-refractivity contribution in [3.05, 3.63) is 75.8 Å². The van der Waals surface area contributed by atoms with Gasteiger partial charge in [-0.15, -0.1) is 0 Å². The molecule has 3 aromatic rings. The molecule has 0 saturated carbocycles. The van der Waals surface area contributed by atoms with Crippen molar-refractivity contribution in [1.29, 1.82) is 5.26 Å². The largest absolute Gasteiger partial charge is 0.479 e. The molecule has 0 bridgehead atoms. The number of carbonyl (C=O) groups excluding carboxylic acids is 1. The number of nitrogens with one attached hydrogen (secondary N) is 1. The van der Waals surface area contributed by atoms with Crippen LogP contribution in [-0.4, -0.2) is 23.6 Å². The highest BCUT2D eigenvalue weighted by Crippen LogP contribution is 2.35. The van der Waals surface area contributed by atoms with Crippen molar-refractivity contribution in [2.75, 3.05) is 11.9 Å². The van der Waals surface area contributed by atoms with Gasteiger partial charge in [0, 0.05) is 5.69 Å². The van der Waals surface area contributed by atoms with Crippen LogP contribution in [0.25, 0.3) is 16.8 Å². The van der Waals surface area contributed by atoms with Gasteiger partial charge in [0.05, 0.1) is 10.0 Å². The van der Waals surface area contributed by atoms with E-state index in [9.17, 15) is 14.9 Å². The zero-order valence-electron chi connectivity index (χ0n) is 15.4. The molecule has 0 heterocycles. The van der Waals surface area contributed by atoms with Crippen LogP contribution in [0.15, 0.2) is 60.2 Å². The average Bonchev–Trinajstić information content (AvgIpc) is 2.71. The summed E-state index contributed by atoms with van der Waals surface area (Å²) in [4.78, 5) is 23.2. The zero-order chi connectivity index (χ0) is 21.7. The molecule has 2 N–H and O–H groups in total. The molecule has 3 rings (SSSR count). The topological polar surface area (TPSA) is 99.4 Å². The second-order valence-corrected chi connectivity index (χ2v) is 7.00. The van der Waals surface area contributed by atoms with Gasteiger partial charge < -0.3 is 15.2 Å². The van der Waals surface area contributed by atoms with E-state index in [2.05, 4.69) is 5.32 Å². The summed E-state index contributed by atoms with van der Waals surface area (Å²) in [6.07, 6.45) is 1.33. The Labute approximate surface area is 181 Å². The van der Waals surface area contributed by atoms with E-state index in [0.29, 0.717) is 11.3 Å². The van der Waals surface area contributed by atoms with Crippen molar-refractivity contribution in [2.45, 2.75) is 0 Å². The molecule has 8 heteroatoms. The number of halogens is 2. The number of benzene rings is 3. The number of fused-ring (bicyclic) bond motifs is 1. The number of rotatable bonds is 6. The Bertz CT molecular complexity index is 1190. The first-order valence-electron chi connectivity index (χ1n) is 8.63. The number of aliphatic carboxylic acids is 1. The van der Waals surface area contributed by atoms with Gasteiger partial charge in [0.15, 0.2) is 12.4 Å². The summed E-state index contributed by atoms with van der Waals surface area (Å²) in [5.74, 6) is -1.76. The Kier molecular flexibility index (Phi) is 6.58. The molecule has 6 nitrogen and oxygen atoms in total. The summed E-state index contributed by atoms with van der Waals surface area (Å²) in [5, 5.41) is 22.9. The van der Waals surface area contributed by atoms with E-state index >= 15 is 0 Å². The van der Waals surface area contributed by atoms with E-state index in [1.165, 1.54) is 18.2 Å². The predicted octanol–water partition coefficient (Wildman–Crippen LogP) is 5.16. The van der Waals surface area contributed by atoms with E-state index in [1.807, 2.05) is 42.5 Å². The van der Waals surface area contributed by atoms with Crippen LogP contribution in [-0.2, 0) is 9.59 Å². The highest BCUT2D eigenvalue weighted by molar-refractivity contribution is 6.37. The molecule has 150 valence electrons. The molecule has 0 saturated heterocycles. The van der Waals surface area contributed by atoms with Crippen LogP contribution < -0.4 is 10.1 Å². The van der Waals surface area contributed by atoms with Gasteiger partial charge in [0.1, 0.15) is 11.6 Å². The number of hydrogen-bond acceptors (Lipinski definition) is 4. The van der Waals surface area contributed by atoms with Gasteiger partial charge in [-0.25, -0.2) is 4.79 Å². The number of nitrogens with zero attached hydrogens (tertiary/aromatic N) is 1. The van der Waals surface area contributed by atoms with Gasteiger partial charge in [-0.1, -0.05) is 53.5 Å². The molecule has 0 aliphatic carbocycles. The van der Waals surface area contributed by atoms with E-state index < -0.39 is 18.5 Å². The Morgan fingerprint density at radius 3 is 2.37 bits per heavy atom. The average molecular weight is 441 g/mol. The first-order chi connectivity index (χ1) is 14.4. The van der Waals surface area contributed by atoms with Gasteiger partial charge in [0.2, 0.25) is 0 Å². The molecular weight excluding hydrogens is 427 g/mol. The molecule has 3 aromatic carbocycles. The summed E-state index contributed by atoms with van der Waals surface area (Å²) < 4.78 is 5.05. The maximum absolute atomic E-state index is 12.5. The number of nitriles is 1. The summed E-state index contributed by atoms with van der Waals surface area (Å²) in [7, 11) is 0. The Morgan fingerprint density at radius 1 is 1.07 bits per heavy atom. The minimum Gasteiger partial charge on any atom is -0.479 e. The highest BCUT2D eigenvalue weighted by atomic mass is 35.5. The molecule has 0 aromatic heterocycles. The summed E-state index contributed by atoms with van der Waals surface area (Å²) in [6, 6.07) is 17.8. The number of carboxylic acid groups (broad SMARTS) is 1. The highest BCUT2D eigenvalue weighted by Gasteiger charge is 2.14. The van der Waals surface area contributed by atoms with Crippen LogP contribution in [0.2, 0.25) is 10.0 Å². The zero-order valence-corrected chi connectivity index (χ0v) is 16.9. The fourth-order valence-electron chi connectivity index (χ4n) is 2.72. The number of hydrogen-bond donors (Lipinski definition) is 2. The van der Waals surface area contributed by atoms with E-state index in [-0.39, 0.29) is 21.4 Å². The minimum absolute atomic E-state index is 0.0111. The van der Waals surface area contributed by atoms with Crippen molar-refractivity contribution in [3.63, 3.8) is 0 Å². The van der Waals surface area contributed by atoms with Crippen molar-refractivity contribution >= 4 is 57.6 Å². The van der Waals surface area contributed by atoms with E-state index in [4.69, 9.17) is 33.0 Å². The monoisotopic (exact) mass is 440 g/mol. The van der Waals surface area contributed by atoms with Crippen LogP contribution in [0, 0.1) is 11.3 Å². The molecule has 0 radical (unpaired) electrons. The maximum Gasteiger partial charge on any atom is 0.341 e. The third-order valence-corrected chi connectivity index (χ3v) is 4.61. The second-order valence-electron chi connectivity index (χ2n) is 6.18. The fourth-order valence-corrected chi connectivity index (χ4v) is 3.33. The van der Waals surface area contributed by atoms with Crippen LogP contribution in [0.1, 0.15) is 5.56 Å². The molecule has 0 fully saturated rings. The summed E-state index contributed by atoms with van der Waals surface area (Å²) in [6.45, 7) is -0.605. The summed E-state index contributed by atoms with van der Waals surface area (Å²) in [5.41, 5.74) is 0.778. The van der Waals surface area contributed by atoms with Crippen molar-refractivity contribution in [1.82, 2.24) is 0 Å². The van der Waals surface area contributed by atoms with Crippen molar-refractivity contribution in [2.24, 2.45) is 0 Å². The number of carbonyl (C=O) groups is 2. The number of amides is 1. The molecule has 0 aliphatic heterocycles. The number of anilines is 1. The number of ether oxygens (including phenoxy) is 1. The lowest BCUT2D eigenvalue weighted by Gasteiger charge is -2.09. The maximum atomic E-state index is 12.5. The first kappa shape index (κ1) is 21.2. The van der Waals surface area contributed by atoms with Crippen LogP contribution in [0.4, 0.5) is 5.69 Å². The Morgan fingerprint density at radius 2 is 1.73 bits per heavy atom. The van der Waals surface area contributed by atoms with Gasteiger partial charge in [0.25, 0.3) is 5.91 Å². The second kappa shape index (κ2) is 9.31. The van der Waals surface area contributed by atoms with Gasteiger partial charge in [-0.2, -0.15) is 5.26 Å². The standard InChI is InChI=1S/C22H14Cl2N2O4/c23-18-8-13(9-19(24)21(18)30-12-20(27)28)7-16(11-25)22(29)26-17-6-5-14-3-1-2-4-15(14)10-17/h1-10H,12H2,(H,26,29)(H,27,28). The SMILES string of the molecule is N#CC(=Cc1cc(Cl)c(OCC(=O)O)c(Cl)c1)C(=O)Nc1ccc2ccccc2c1. The lowest BCUT2D eigenvalue weighted by Crippen LogP contribution is -2.13. The third kappa shape index (κ3) is 5.09. The molecule has 0 spiro atoms. The first-order valence-corrected chi connectivity index (χ1v) is 9.38. The van der Waals surface area contributed by atoms with E-state index in [0.717, 1.165) is 10.8 Å². The predicted molar refractivity (Wildman–Crippen MR) is 116 cm³/mol. The normalized spacial score (nSPS) is 11.0. The molecular formula is C22H14Cl2N2O4. The smallest absolute Gasteiger partial charge is 0.341 e. The lowest BCUT2D eigenvalue weighted by molar-refractivity contribution is -0.139. The lowest BCUT2D eigenvalue weighted by atomic mass is 10.1. The van der Waals surface area contributed by atoms with Crippen molar-refractivity contribution in [3.8, 4) is 11.8 Å². The summed E-state index contributed by atoms with van der Waals surface area (Å²) >= 11 is 12.2. The molecule has 0 atom stereocenters. The Balaban J connectivity index is 1.82. The molecule has 30 heavy (non-hydrogen) atoms. The van der Waals surface area contributed by atoms with Crippen LogP contribution >= 0.6 is 23.2 Å². The molecule has 0 unspecified atom stereocenters. The molecule has 0 aliphatic rings. The minimum atomic E-state index is -1.18. The van der Waals surface area contributed by atoms with Gasteiger partial charge in [-0.3, -0.25) is 4.79 Å². The van der Waals surface area contributed by atoms with Gasteiger partial charge in [-0.05, 0) is 46.7 Å². The number of carboxylic acids is 1. The Hall–Kier alpha value is -3.53. The van der Waals surface area contributed by atoms with E-state index in [1.54, 1.807) is 6.07 Å². The molecule has 1 amide bonds. The van der Waals surface area contributed by atoms with Gasteiger partial charge >= 0.3 is 5.97 Å². The van der Waals surface area contributed by atoms with Crippen molar-refractivity contribution < 1.29 is 19.4 Å². The third-order valence-electron chi connectivity index (χ3n) is 4.04.